The molecule has 2 aliphatic rings. The number of nitrogens with two attached hydrogens (primary N) is 2. The van der Waals surface area contributed by atoms with E-state index in [1.54, 1.807) is 18.2 Å². The highest BCUT2D eigenvalue weighted by Gasteiger charge is 2.34. The van der Waals surface area contributed by atoms with E-state index in [1.807, 2.05) is 24.9 Å². The molecule has 1 aromatic carbocycles. The maximum Gasteiger partial charge on any atom is 0.279 e. The summed E-state index contributed by atoms with van der Waals surface area (Å²) in [6.07, 6.45) is 4.80. The van der Waals surface area contributed by atoms with Crippen molar-refractivity contribution >= 4 is 18.6 Å². The number of hydrogen-bond donors (Lipinski definition) is 4. The van der Waals surface area contributed by atoms with Crippen LogP contribution in [-0.2, 0) is 22.6 Å². The number of likely N-dealkylation sites (N-methyl/N-ethyl adjacent to an activating group) is 1. The van der Waals surface area contributed by atoms with Gasteiger partial charge in [-0.05, 0) is 49.9 Å². The lowest BCUT2D eigenvalue weighted by Crippen LogP contribution is -2.46. The number of aliphatic hydroxyl groups is 1. The van der Waals surface area contributed by atoms with Crippen molar-refractivity contribution in [1.82, 2.24) is 15.1 Å². The average Bonchev–Trinajstić information content (AvgIpc) is 2.86. The van der Waals surface area contributed by atoms with E-state index in [1.165, 1.54) is 11.1 Å². The van der Waals surface area contributed by atoms with E-state index in [-0.39, 0.29) is 17.8 Å². The molecule has 1 amide bonds. The third kappa shape index (κ3) is 6.44. The van der Waals surface area contributed by atoms with Crippen LogP contribution in [0.15, 0.2) is 51.0 Å². The van der Waals surface area contributed by atoms with Crippen LogP contribution in [0.2, 0.25) is 0 Å². The molecule has 1 unspecified atom stereocenters. The standard InChI is InChI=1S/C26H39N7O3/c1-4-22(28)24(32(12-10-29-3)11-5-6-23(34)18(2)30-16-27)26(35)33-17-31-25(33)20-7-8-21-15-36-13-9-19(21)14-20/h7-8,14,16-17,25,29,34H,4-6,9-13,15,28H2,1-3H3,(H2,27,30)/b23-18+,24-22+. The maximum absolute atomic E-state index is 13.8. The SMILES string of the molecule is CC/C(N)=C(/C(=O)N1C=NC1c1ccc2c(c1)CCOC2)N(CCC/C(O)=C(/C)N=CN)CCNC. The lowest BCUT2D eigenvalue weighted by atomic mass is 9.98. The Labute approximate surface area is 213 Å². The van der Waals surface area contributed by atoms with Crippen molar-refractivity contribution < 1.29 is 14.6 Å². The fourth-order valence-electron chi connectivity index (χ4n) is 4.31. The Bertz CT molecular complexity index is 1050. The van der Waals surface area contributed by atoms with Gasteiger partial charge in [0.05, 0.1) is 31.6 Å². The zero-order valence-electron chi connectivity index (χ0n) is 21.5. The van der Waals surface area contributed by atoms with Gasteiger partial charge in [-0.15, -0.1) is 0 Å². The van der Waals surface area contributed by atoms with E-state index in [4.69, 9.17) is 16.2 Å². The normalized spacial score (nSPS) is 18.4. The molecule has 2 aliphatic heterocycles. The number of hydrogen-bond acceptors (Lipinski definition) is 8. The quantitative estimate of drug-likeness (QED) is 0.150. The van der Waals surface area contributed by atoms with E-state index in [0.717, 1.165) is 18.3 Å². The molecule has 6 N–H and O–H groups in total. The molecule has 10 nitrogen and oxygen atoms in total. The number of allylic oxidation sites excluding steroid dienone is 3. The number of aliphatic hydroxyl groups excluding tert-OH is 1. The van der Waals surface area contributed by atoms with Gasteiger partial charge in [-0.1, -0.05) is 25.1 Å². The minimum Gasteiger partial charge on any atom is -0.510 e. The Hall–Kier alpha value is -3.37. The molecule has 0 fully saturated rings. The highest BCUT2D eigenvalue weighted by molar-refractivity contribution is 6.02. The molecule has 10 heteroatoms. The minimum absolute atomic E-state index is 0.171. The summed E-state index contributed by atoms with van der Waals surface area (Å²) in [5, 5.41) is 13.4. The molecule has 36 heavy (non-hydrogen) atoms. The molecular formula is C26H39N7O3. The number of carbonyl (C=O) groups excluding carboxylic acids is 1. The van der Waals surface area contributed by atoms with E-state index in [9.17, 15) is 9.90 Å². The minimum atomic E-state index is -0.375. The fraction of sp³-hybridized carbons (Fsp3) is 0.500. The van der Waals surface area contributed by atoms with Gasteiger partial charge in [0.1, 0.15) is 11.5 Å². The second-order valence-electron chi connectivity index (χ2n) is 8.91. The highest BCUT2D eigenvalue weighted by Crippen LogP contribution is 2.32. The predicted octanol–water partition coefficient (Wildman–Crippen LogP) is 2.29. The lowest BCUT2D eigenvalue weighted by molar-refractivity contribution is -0.127. The van der Waals surface area contributed by atoms with Crippen LogP contribution >= 0.6 is 0 Å². The van der Waals surface area contributed by atoms with E-state index in [0.29, 0.717) is 69.2 Å². The third-order valence-electron chi connectivity index (χ3n) is 6.50. The van der Waals surface area contributed by atoms with Crippen molar-refractivity contribution in [3.05, 3.63) is 57.7 Å². The number of nitrogens with zero attached hydrogens (tertiary/aromatic N) is 4. The summed E-state index contributed by atoms with van der Waals surface area (Å²) in [4.78, 5) is 25.9. The predicted molar refractivity (Wildman–Crippen MR) is 142 cm³/mol. The van der Waals surface area contributed by atoms with Crippen LogP contribution in [0.1, 0.15) is 56.0 Å². The molecule has 0 radical (unpaired) electrons. The molecule has 0 saturated heterocycles. The summed E-state index contributed by atoms with van der Waals surface area (Å²) in [5.41, 5.74) is 16.6. The Morgan fingerprint density at radius 3 is 2.86 bits per heavy atom. The largest absolute Gasteiger partial charge is 0.510 e. The zero-order chi connectivity index (χ0) is 26.1. The first-order valence-corrected chi connectivity index (χ1v) is 12.5. The molecule has 0 aliphatic carbocycles. The zero-order valence-corrected chi connectivity index (χ0v) is 21.5. The molecule has 0 saturated carbocycles. The van der Waals surface area contributed by atoms with Crippen molar-refractivity contribution in [1.29, 1.82) is 0 Å². The van der Waals surface area contributed by atoms with Crippen LogP contribution in [0.3, 0.4) is 0 Å². The third-order valence-corrected chi connectivity index (χ3v) is 6.50. The second kappa shape index (κ2) is 13.1. The Morgan fingerprint density at radius 2 is 2.19 bits per heavy atom. The first-order chi connectivity index (χ1) is 17.4. The fourth-order valence-corrected chi connectivity index (χ4v) is 4.31. The summed E-state index contributed by atoms with van der Waals surface area (Å²) in [5.74, 6) is 0.00789. The van der Waals surface area contributed by atoms with Crippen molar-refractivity contribution in [3.8, 4) is 0 Å². The number of benzene rings is 1. The monoisotopic (exact) mass is 497 g/mol. The molecule has 1 aromatic rings. The van der Waals surface area contributed by atoms with Gasteiger partial charge in [-0.25, -0.2) is 9.98 Å². The van der Waals surface area contributed by atoms with Crippen molar-refractivity contribution in [2.75, 3.05) is 33.3 Å². The Morgan fingerprint density at radius 1 is 1.39 bits per heavy atom. The molecule has 2 heterocycles. The topological polar surface area (TPSA) is 142 Å². The first-order valence-electron chi connectivity index (χ1n) is 12.5. The van der Waals surface area contributed by atoms with E-state index in [2.05, 4.69) is 27.4 Å². The maximum atomic E-state index is 13.8. The van der Waals surface area contributed by atoms with Crippen molar-refractivity contribution in [2.24, 2.45) is 21.5 Å². The lowest BCUT2D eigenvalue weighted by Gasteiger charge is -2.37. The molecule has 3 rings (SSSR count). The first kappa shape index (κ1) is 27.2. The van der Waals surface area contributed by atoms with Gasteiger partial charge in [0.2, 0.25) is 0 Å². The summed E-state index contributed by atoms with van der Waals surface area (Å²) < 4.78 is 5.54. The van der Waals surface area contributed by atoms with Crippen molar-refractivity contribution in [3.63, 3.8) is 0 Å². The van der Waals surface area contributed by atoms with Gasteiger partial charge in [0.15, 0.2) is 6.17 Å². The van der Waals surface area contributed by atoms with Gasteiger partial charge in [0.25, 0.3) is 5.91 Å². The van der Waals surface area contributed by atoms with Crippen LogP contribution in [-0.4, -0.2) is 66.8 Å². The molecule has 0 aromatic heterocycles. The molecule has 0 bridgehead atoms. The van der Waals surface area contributed by atoms with E-state index < -0.39 is 0 Å². The summed E-state index contributed by atoms with van der Waals surface area (Å²) in [6.45, 7) is 6.79. The molecule has 1 atom stereocenters. The number of amides is 1. The second-order valence-corrected chi connectivity index (χ2v) is 8.91. The number of ether oxygens (including phenoxy) is 1. The molecular weight excluding hydrogens is 458 g/mol. The molecule has 196 valence electrons. The van der Waals surface area contributed by atoms with Crippen molar-refractivity contribution in [2.45, 2.75) is 52.3 Å². The van der Waals surface area contributed by atoms with Crippen LogP contribution in [0, 0.1) is 0 Å². The number of fused-ring (bicyclic) bond motifs is 1. The molecule has 0 spiro atoms. The van der Waals surface area contributed by atoms with Crippen LogP contribution < -0.4 is 16.8 Å². The highest BCUT2D eigenvalue weighted by atomic mass is 16.5. The number of nitrogens with one attached hydrogen (secondary N) is 1. The van der Waals surface area contributed by atoms with Gasteiger partial charge < -0.3 is 31.5 Å². The van der Waals surface area contributed by atoms with Gasteiger partial charge in [-0.2, -0.15) is 0 Å². The summed E-state index contributed by atoms with van der Waals surface area (Å²) >= 11 is 0. The van der Waals surface area contributed by atoms with Crippen LogP contribution in [0.4, 0.5) is 0 Å². The van der Waals surface area contributed by atoms with E-state index >= 15 is 0 Å². The number of carbonyl (C=O) groups is 1. The number of rotatable bonds is 12. The van der Waals surface area contributed by atoms with Crippen LogP contribution in [0.25, 0.3) is 0 Å². The summed E-state index contributed by atoms with van der Waals surface area (Å²) in [6, 6.07) is 6.21. The van der Waals surface area contributed by atoms with Gasteiger partial charge in [0, 0.05) is 31.8 Å². The Kier molecular flexibility index (Phi) is 9.89. The van der Waals surface area contributed by atoms with Gasteiger partial charge >= 0.3 is 0 Å². The number of aliphatic imine (C=N–C) groups is 2. The average molecular weight is 498 g/mol. The Balaban J connectivity index is 1.79. The summed E-state index contributed by atoms with van der Waals surface area (Å²) in [7, 11) is 1.87. The van der Waals surface area contributed by atoms with Gasteiger partial charge in [-0.3, -0.25) is 9.69 Å². The smallest absolute Gasteiger partial charge is 0.279 e. The van der Waals surface area contributed by atoms with Crippen LogP contribution in [0.5, 0.6) is 0 Å².